The highest BCUT2D eigenvalue weighted by molar-refractivity contribution is 6.30. The molecule has 0 radical (unpaired) electrons. The lowest BCUT2D eigenvalue weighted by molar-refractivity contribution is -0.136. The minimum Gasteiger partial charge on any atom is -0.355 e. The lowest BCUT2D eigenvalue weighted by Crippen LogP contribution is -2.10. The third-order valence-electron chi connectivity index (χ3n) is 3.06. The molecule has 0 heterocycles. The van der Waals surface area contributed by atoms with Crippen LogP contribution in [-0.4, -0.2) is 5.91 Å². The van der Waals surface area contributed by atoms with Crippen LogP contribution in [0.25, 0.3) is 0 Å². The average molecular weight is 343 g/mol. The first-order valence-electron chi connectivity index (χ1n) is 6.83. The van der Waals surface area contributed by atoms with Crippen molar-refractivity contribution in [1.29, 1.82) is 0 Å². The number of carbonyl (C=O) groups excluding carboxylic acids is 1. The number of halogens is 4. The van der Waals surface area contributed by atoms with Gasteiger partial charge in [0.2, 0.25) is 5.91 Å². The van der Waals surface area contributed by atoms with Gasteiger partial charge in [0.25, 0.3) is 0 Å². The van der Waals surface area contributed by atoms with E-state index in [1.165, 1.54) is 12.1 Å². The topological polar surface area (TPSA) is 41.1 Å². The number of anilines is 3. The highest BCUT2D eigenvalue weighted by Gasteiger charge is 2.33. The van der Waals surface area contributed by atoms with Crippen molar-refractivity contribution in [3.63, 3.8) is 0 Å². The van der Waals surface area contributed by atoms with Gasteiger partial charge < -0.3 is 10.6 Å². The SMILES string of the molecule is CCC(=O)Nc1ccc(Nc2ccc(Cl)cc2C(F)(F)F)cc1. The first-order chi connectivity index (χ1) is 10.8. The zero-order chi connectivity index (χ0) is 17.0. The van der Waals surface area contributed by atoms with Gasteiger partial charge in [0.1, 0.15) is 0 Å². The summed E-state index contributed by atoms with van der Waals surface area (Å²) in [7, 11) is 0. The second-order valence-electron chi connectivity index (χ2n) is 4.79. The van der Waals surface area contributed by atoms with E-state index < -0.39 is 11.7 Å². The van der Waals surface area contributed by atoms with Crippen LogP contribution in [0.4, 0.5) is 30.2 Å². The molecule has 2 rings (SSSR count). The summed E-state index contributed by atoms with van der Waals surface area (Å²) in [5, 5.41) is 5.39. The second kappa shape index (κ2) is 6.91. The van der Waals surface area contributed by atoms with E-state index in [1.54, 1.807) is 31.2 Å². The standard InChI is InChI=1S/C16H14ClF3N2O/c1-2-15(23)22-12-6-4-11(5-7-12)21-14-8-3-10(17)9-13(14)16(18,19)20/h3-9,21H,2H2,1H3,(H,22,23). The Morgan fingerprint density at radius 1 is 1.09 bits per heavy atom. The second-order valence-corrected chi connectivity index (χ2v) is 5.23. The van der Waals surface area contributed by atoms with Gasteiger partial charge in [-0.15, -0.1) is 0 Å². The predicted octanol–water partition coefficient (Wildman–Crippen LogP) is 5.45. The van der Waals surface area contributed by atoms with E-state index in [-0.39, 0.29) is 16.6 Å². The molecule has 0 spiro atoms. The summed E-state index contributed by atoms with van der Waals surface area (Å²) in [4.78, 5) is 11.3. The zero-order valence-corrected chi connectivity index (χ0v) is 12.9. The lowest BCUT2D eigenvalue weighted by atomic mass is 10.1. The Balaban J connectivity index is 2.21. The maximum Gasteiger partial charge on any atom is 0.418 e. The van der Waals surface area contributed by atoms with Gasteiger partial charge in [-0.1, -0.05) is 18.5 Å². The van der Waals surface area contributed by atoms with Gasteiger partial charge in [-0.25, -0.2) is 0 Å². The van der Waals surface area contributed by atoms with Crippen LogP contribution in [0.3, 0.4) is 0 Å². The minimum absolute atomic E-state index is 0.0144. The molecule has 3 nitrogen and oxygen atoms in total. The molecule has 122 valence electrons. The van der Waals surface area contributed by atoms with Crippen molar-refractivity contribution in [2.75, 3.05) is 10.6 Å². The zero-order valence-electron chi connectivity index (χ0n) is 12.2. The molecular formula is C16H14ClF3N2O. The molecule has 0 aromatic heterocycles. The summed E-state index contributed by atoms with van der Waals surface area (Å²) in [5.74, 6) is -0.136. The third kappa shape index (κ3) is 4.63. The van der Waals surface area contributed by atoms with Crippen molar-refractivity contribution in [3.05, 3.63) is 53.1 Å². The summed E-state index contributed by atoms with van der Waals surface area (Å²) in [6.07, 6.45) is -4.16. The fraction of sp³-hybridized carbons (Fsp3) is 0.188. The molecule has 23 heavy (non-hydrogen) atoms. The molecule has 0 unspecified atom stereocenters. The van der Waals surface area contributed by atoms with Crippen molar-refractivity contribution in [1.82, 2.24) is 0 Å². The van der Waals surface area contributed by atoms with Crippen molar-refractivity contribution >= 4 is 34.6 Å². The van der Waals surface area contributed by atoms with Crippen molar-refractivity contribution in [2.24, 2.45) is 0 Å². The summed E-state index contributed by atoms with van der Waals surface area (Å²) in [6.45, 7) is 1.73. The Morgan fingerprint density at radius 2 is 1.70 bits per heavy atom. The molecule has 0 saturated heterocycles. The maximum absolute atomic E-state index is 13.0. The van der Waals surface area contributed by atoms with Crippen molar-refractivity contribution in [3.8, 4) is 0 Å². The number of hydrogen-bond acceptors (Lipinski definition) is 2. The molecule has 1 amide bonds. The van der Waals surface area contributed by atoms with Crippen LogP contribution in [0.15, 0.2) is 42.5 Å². The number of rotatable bonds is 4. The Hall–Kier alpha value is -2.21. The highest BCUT2D eigenvalue weighted by Crippen LogP contribution is 2.37. The van der Waals surface area contributed by atoms with Gasteiger partial charge in [-0.3, -0.25) is 4.79 Å². The molecule has 2 N–H and O–H groups in total. The van der Waals surface area contributed by atoms with E-state index in [0.29, 0.717) is 17.8 Å². The molecule has 0 aliphatic carbocycles. The third-order valence-corrected chi connectivity index (χ3v) is 3.29. The number of carbonyl (C=O) groups is 1. The fourth-order valence-electron chi connectivity index (χ4n) is 1.90. The largest absolute Gasteiger partial charge is 0.418 e. The fourth-order valence-corrected chi connectivity index (χ4v) is 2.07. The van der Waals surface area contributed by atoms with Gasteiger partial charge in [-0.05, 0) is 42.5 Å². The normalized spacial score (nSPS) is 11.2. The molecule has 0 saturated carbocycles. The molecule has 2 aromatic carbocycles. The summed E-state index contributed by atoms with van der Waals surface area (Å²) >= 11 is 5.64. The van der Waals surface area contributed by atoms with Crippen molar-refractivity contribution in [2.45, 2.75) is 19.5 Å². The summed E-state index contributed by atoms with van der Waals surface area (Å²) < 4.78 is 39.1. The highest BCUT2D eigenvalue weighted by atomic mass is 35.5. The first kappa shape index (κ1) is 17.1. The van der Waals surface area contributed by atoms with Crippen LogP contribution in [0.5, 0.6) is 0 Å². The van der Waals surface area contributed by atoms with Gasteiger partial charge in [0.15, 0.2) is 0 Å². The Morgan fingerprint density at radius 3 is 2.26 bits per heavy atom. The molecule has 0 fully saturated rings. The van der Waals surface area contributed by atoms with E-state index in [2.05, 4.69) is 10.6 Å². The quantitative estimate of drug-likeness (QED) is 0.775. The minimum atomic E-state index is -4.51. The molecule has 0 aliphatic heterocycles. The summed E-state index contributed by atoms with van der Waals surface area (Å²) in [5.41, 5.74) is 0.113. The number of hydrogen-bond donors (Lipinski definition) is 2. The van der Waals surface area contributed by atoms with Crippen LogP contribution >= 0.6 is 11.6 Å². The van der Waals surface area contributed by atoms with Crippen molar-refractivity contribution < 1.29 is 18.0 Å². The molecule has 0 bridgehead atoms. The number of alkyl halides is 3. The lowest BCUT2D eigenvalue weighted by Gasteiger charge is -2.15. The Bertz CT molecular complexity index is 699. The van der Waals surface area contributed by atoms with Gasteiger partial charge in [-0.2, -0.15) is 13.2 Å². The van der Waals surface area contributed by atoms with Crippen LogP contribution in [0, 0.1) is 0 Å². The van der Waals surface area contributed by atoms with Gasteiger partial charge in [0, 0.05) is 22.8 Å². The Kier molecular flexibility index (Phi) is 5.15. The van der Waals surface area contributed by atoms with Crippen LogP contribution in [0.2, 0.25) is 5.02 Å². The summed E-state index contributed by atoms with van der Waals surface area (Å²) in [6, 6.07) is 9.92. The number of amides is 1. The average Bonchev–Trinajstić information content (AvgIpc) is 2.50. The van der Waals surface area contributed by atoms with E-state index in [9.17, 15) is 18.0 Å². The van der Waals surface area contributed by atoms with Crippen LogP contribution < -0.4 is 10.6 Å². The Labute approximate surface area is 136 Å². The van der Waals surface area contributed by atoms with E-state index in [0.717, 1.165) is 6.07 Å². The van der Waals surface area contributed by atoms with E-state index in [4.69, 9.17) is 11.6 Å². The molecule has 0 atom stereocenters. The monoisotopic (exact) mass is 342 g/mol. The number of benzene rings is 2. The van der Waals surface area contributed by atoms with Gasteiger partial charge in [0.05, 0.1) is 11.3 Å². The van der Waals surface area contributed by atoms with Crippen LogP contribution in [-0.2, 0) is 11.0 Å². The van der Waals surface area contributed by atoms with E-state index >= 15 is 0 Å². The van der Waals surface area contributed by atoms with Gasteiger partial charge >= 0.3 is 6.18 Å². The molecular weight excluding hydrogens is 329 g/mol. The van der Waals surface area contributed by atoms with E-state index in [1.807, 2.05) is 0 Å². The molecule has 2 aromatic rings. The molecule has 7 heteroatoms. The number of nitrogens with one attached hydrogen (secondary N) is 2. The maximum atomic E-state index is 13.0. The molecule has 0 aliphatic rings. The van der Waals surface area contributed by atoms with Crippen LogP contribution in [0.1, 0.15) is 18.9 Å². The predicted molar refractivity (Wildman–Crippen MR) is 85.1 cm³/mol. The smallest absolute Gasteiger partial charge is 0.355 e. The first-order valence-corrected chi connectivity index (χ1v) is 7.21.